The second-order valence-corrected chi connectivity index (χ2v) is 1.82. The second-order valence-electron chi connectivity index (χ2n) is 1.46. The van der Waals surface area contributed by atoms with Gasteiger partial charge in [0.1, 0.15) is 0 Å². The highest BCUT2D eigenvalue weighted by molar-refractivity contribution is 6.85. The van der Waals surface area contributed by atoms with Gasteiger partial charge in [-0.05, 0) is 0 Å². The Kier molecular flexibility index (Phi) is 4.01. The van der Waals surface area contributed by atoms with Gasteiger partial charge in [0.05, 0.1) is 5.70 Å². The molecule has 0 aromatic rings. The molecule has 0 heterocycles. The molecule has 0 saturated heterocycles. The van der Waals surface area contributed by atoms with E-state index in [4.69, 9.17) is 22.5 Å². The van der Waals surface area contributed by atoms with Crippen molar-refractivity contribution in [3.8, 4) is 0 Å². The number of nitrogens with zero attached hydrogens (tertiary/aromatic N) is 2. The molecule has 0 aromatic heterocycles. The van der Waals surface area contributed by atoms with Gasteiger partial charge in [-0.3, -0.25) is 0 Å². The Balaban J connectivity index is 4.62. The number of oxime groups is 2. The Labute approximate surface area is 67.7 Å². The van der Waals surface area contributed by atoms with Gasteiger partial charge in [-0.2, -0.15) is 0 Å². The first-order valence-electron chi connectivity index (χ1n) is 2.40. The molecule has 11 heavy (non-hydrogen) atoms. The highest BCUT2D eigenvalue weighted by atomic mass is 35.5. The molecule has 0 unspecified atom stereocenters. The van der Waals surface area contributed by atoms with Crippen LogP contribution in [0.3, 0.4) is 0 Å². The fraction of sp³-hybridized carbons (Fsp3) is 0. The smallest absolute Gasteiger partial charge is 0.199 e. The summed E-state index contributed by atoms with van der Waals surface area (Å²) in [6.07, 6.45) is 0. The van der Waals surface area contributed by atoms with Crippen LogP contribution in [0.2, 0.25) is 0 Å². The van der Waals surface area contributed by atoms with Crippen LogP contribution in [0.25, 0.3) is 0 Å². The first-order valence-corrected chi connectivity index (χ1v) is 2.77. The molecule has 0 atom stereocenters. The highest BCUT2D eigenvalue weighted by Crippen LogP contribution is 1.95. The molecule has 0 amide bonds. The van der Waals surface area contributed by atoms with Crippen molar-refractivity contribution in [1.29, 1.82) is 0 Å². The van der Waals surface area contributed by atoms with E-state index in [1.165, 1.54) is 0 Å². The number of allylic oxidation sites excluding steroid dienone is 1. The fourth-order valence-electron chi connectivity index (χ4n) is 0.329. The van der Waals surface area contributed by atoms with Crippen molar-refractivity contribution in [1.82, 2.24) is 0 Å². The van der Waals surface area contributed by atoms with Crippen LogP contribution < -0.4 is 11.6 Å². The summed E-state index contributed by atoms with van der Waals surface area (Å²) >= 11 is 5.30. The van der Waals surface area contributed by atoms with Gasteiger partial charge in [-0.1, -0.05) is 28.5 Å². The molecule has 0 spiro atoms. The van der Waals surface area contributed by atoms with Crippen molar-refractivity contribution in [2.75, 3.05) is 0 Å². The van der Waals surface area contributed by atoms with E-state index in [2.05, 4.69) is 27.7 Å². The van der Waals surface area contributed by atoms with E-state index in [-0.39, 0.29) is 16.6 Å². The lowest BCUT2D eigenvalue weighted by atomic mass is 10.3. The van der Waals surface area contributed by atoms with Crippen molar-refractivity contribution in [3.05, 3.63) is 12.3 Å². The Morgan fingerprint density at radius 3 is 2.45 bits per heavy atom. The van der Waals surface area contributed by atoms with Gasteiger partial charge in [-0.25, -0.2) is 0 Å². The summed E-state index contributed by atoms with van der Waals surface area (Å²) in [5.41, 5.74) is 5.03. The van der Waals surface area contributed by atoms with Crippen LogP contribution in [0, 0.1) is 0 Å². The summed E-state index contributed by atoms with van der Waals surface area (Å²) in [4.78, 5) is 3.86. The first-order chi connectivity index (χ1) is 5.13. The van der Waals surface area contributed by atoms with Gasteiger partial charge in [-0.15, -0.1) is 5.90 Å². The molecule has 0 aliphatic rings. The summed E-state index contributed by atoms with van der Waals surface area (Å²) < 4.78 is 0. The zero-order valence-corrected chi connectivity index (χ0v) is 6.25. The molecule has 7 heteroatoms. The SMILES string of the molecule is C=C(N)C(=N\ON)/C(Cl)=N/O. The Morgan fingerprint density at radius 1 is 1.64 bits per heavy atom. The van der Waals surface area contributed by atoms with E-state index in [0.29, 0.717) is 0 Å². The molecule has 6 nitrogen and oxygen atoms in total. The van der Waals surface area contributed by atoms with E-state index < -0.39 is 0 Å². The molecule has 0 radical (unpaired) electrons. The molecule has 0 rings (SSSR count). The first kappa shape index (κ1) is 9.73. The standard InChI is InChI=1S/C4H7ClN4O2/c1-2(6)3(9-11-7)4(5)8-10/h10H,1,6-7H2/b8-4-,9-3+. The van der Waals surface area contributed by atoms with E-state index in [9.17, 15) is 0 Å². The minimum absolute atomic E-state index is 0.0155. The zero-order valence-electron chi connectivity index (χ0n) is 5.49. The molecule has 0 bridgehead atoms. The average Bonchev–Trinajstić information content (AvgIpc) is 1.98. The van der Waals surface area contributed by atoms with Gasteiger partial charge in [0.15, 0.2) is 10.9 Å². The summed E-state index contributed by atoms with van der Waals surface area (Å²) in [5, 5.41) is 13.6. The quantitative estimate of drug-likeness (QED) is 0.314. The topological polar surface area (TPSA) is 106 Å². The molecule has 5 N–H and O–H groups in total. The number of hydrogen-bond donors (Lipinski definition) is 3. The van der Waals surface area contributed by atoms with E-state index in [1.807, 2.05) is 0 Å². The second kappa shape index (κ2) is 4.53. The molecule has 0 saturated carbocycles. The van der Waals surface area contributed by atoms with Crippen LogP contribution in [0.4, 0.5) is 0 Å². The predicted octanol–water partition coefficient (Wildman–Crippen LogP) is -0.268. The van der Waals surface area contributed by atoms with E-state index in [1.54, 1.807) is 0 Å². The number of nitrogens with two attached hydrogens (primary N) is 2. The van der Waals surface area contributed by atoms with Crippen LogP contribution in [0.15, 0.2) is 22.6 Å². The highest BCUT2D eigenvalue weighted by Gasteiger charge is 2.09. The lowest BCUT2D eigenvalue weighted by molar-refractivity contribution is 0.149. The summed E-state index contributed by atoms with van der Waals surface area (Å²) in [7, 11) is 0. The third-order valence-corrected chi connectivity index (χ3v) is 0.986. The molecular weight excluding hydrogens is 172 g/mol. The number of hydrogen-bond acceptors (Lipinski definition) is 6. The molecule has 0 aromatic carbocycles. The lowest BCUT2D eigenvalue weighted by Gasteiger charge is -1.98. The molecular formula is C4H7ClN4O2. The van der Waals surface area contributed by atoms with E-state index in [0.717, 1.165) is 0 Å². The maximum Gasteiger partial charge on any atom is 0.199 e. The van der Waals surface area contributed by atoms with Crippen LogP contribution >= 0.6 is 11.6 Å². The predicted molar refractivity (Wildman–Crippen MR) is 41.1 cm³/mol. The summed E-state index contributed by atoms with van der Waals surface area (Å²) in [6, 6.07) is 0. The zero-order chi connectivity index (χ0) is 8.85. The van der Waals surface area contributed by atoms with Crippen molar-refractivity contribution in [2.24, 2.45) is 21.9 Å². The van der Waals surface area contributed by atoms with E-state index >= 15 is 0 Å². The Bertz CT molecular complexity index is 212. The van der Waals surface area contributed by atoms with Crippen molar-refractivity contribution >= 4 is 22.5 Å². The molecule has 0 aliphatic carbocycles. The van der Waals surface area contributed by atoms with Crippen LogP contribution in [-0.4, -0.2) is 16.1 Å². The van der Waals surface area contributed by atoms with Crippen molar-refractivity contribution in [3.63, 3.8) is 0 Å². The average molecular weight is 179 g/mol. The summed E-state index contributed by atoms with van der Waals surface area (Å²) in [5.74, 6) is 4.58. The minimum Gasteiger partial charge on any atom is -0.410 e. The lowest BCUT2D eigenvalue weighted by Crippen LogP contribution is -2.18. The molecule has 0 aliphatic heterocycles. The maximum atomic E-state index is 8.16. The molecule has 0 fully saturated rings. The fourth-order valence-corrected chi connectivity index (χ4v) is 0.485. The van der Waals surface area contributed by atoms with Gasteiger partial charge in [0.25, 0.3) is 0 Å². The van der Waals surface area contributed by atoms with Crippen LogP contribution in [0.5, 0.6) is 0 Å². The van der Waals surface area contributed by atoms with Crippen LogP contribution in [0.1, 0.15) is 0 Å². The van der Waals surface area contributed by atoms with Gasteiger partial charge in [0.2, 0.25) is 0 Å². The third-order valence-electron chi connectivity index (χ3n) is 0.731. The van der Waals surface area contributed by atoms with Crippen LogP contribution in [-0.2, 0) is 4.94 Å². The maximum absolute atomic E-state index is 8.16. The third kappa shape index (κ3) is 2.87. The van der Waals surface area contributed by atoms with Crippen molar-refractivity contribution < 1.29 is 10.1 Å². The number of halogens is 1. The minimum atomic E-state index is -0.344. The van der Waals surface area contributed by atoms with Gasteiger partial charge < -0.3 is 15.9 Å². The van der Waals surface area contributed by atoms with Crippen molar-refractivity contribution in [2.45, 2.75) is 0 Å². The van der Waals surface area contributed by atoms with Gasteiger partial charge in [0, 0.05) is 0 Å². The Morgan fingerprint density at radius 2 is 2.18 bits per heavy atom. The molecule has 62 valence electrons. The number of rotatable bonds is 3. The summed E-state index contributed by atoms with van der Waals surface area (Å²) in [6.45, 7) is 3.28. The van der Waals surface area contributed by atoms with Gasteiger partial charge >= 0.3 is 0 Å². The monoisotopic (exact) mass is 178 g/mol. The largest absolute Gasteiger partial charge is 0.410 e. The normalized spacial score (nSPS) is 12.9. The Hall–Kier alpha value is -1.27.